The molecule has 5 unspecified atom stereocenters. The number of hydrogen-bond donors (Lipinski definition) is 1. The van der Waals surface area contributed by atoms with Gasteiger partial charge in [0.1, 0.15) is 0 Å². The van der Waals surface area contributed by atoms with Crippen molar-refractivity contribution in [3.63, 3.8) is 0 Å². The molecule has 3 saturated carbocycles. The van der Waals surface area contributed by atoms with E-state index in [1.807, 2.05) is 0 Å². The van der Waals surface area contributed by atoms with Gasteiger partial charge in [0.05, 0.1) is 5.92 Å². The van der Waals surface area contributed by atoms with E-state index in [9.17, 15) is 4.79 Å². The molecule has 13 heavy (non-hydrogen) atoms. The molecule has 0 bridgehead atoms. The Kier molecular flexibility index (Phi) is 1.50. The van der Waals surface area contributed by atoms with E-state index in [4.69, 9.17) is 5.11 Å². The summed E-state index contributed by atoms with van der Waals surface area (Å²) in [5.74, 6) is 2.52. The standard InChI is InChI=1S/C11H16O2/c12-11(13)9-5-7-2-1-6-3-4-8(9)10(6)7/h6-10H,1-5H2,(H,12,13). The van der Waals surface area contributed by atoms with Gasteiger partial charge in [0.15, 0.2) is 0 Å². The molecule has 1 N–H and O–H groups in total. The lowest BCUT2D eigenvalue weighted by Crippen LogP contribution is -2.19. The van der Waals surface area contributed by atoms with Crippen LogP contribution in [0.15, 0.2) is 0 Å². The molecule has 0 aromatic heterocycles. The highest BCUT2D eigenvalue weighted by Crippen LogP contribution is 2.60. The lowest BCUT2D eigenvalue weighted by molar-refractivity contribution is -0.143. The summed E-state index contributed by atoms with van der Waals surface area (Å²) in [5, 5.41) is 9.09. The molecular weight excluding hydrogens is 164 g/mol. The highest BCUT2D eigenvalue weighted by molar-refractivity contribution is 5.71. The van der Waals surface area contributed by atoms with E-state index in [0.717, 1.165) is 24.2 Å². The third-order valence-corrected chi connectivity index (χ3v) is 4.75. The number of carboxylic acid groups (broad SMARTS) is 1. The Morgan fingerprint density at radius 3 is 2.54 bits per heavy atom. The minimum absolute atomic E-state index is 0.0142. The van der Waals surface area contributed by atoms with Crippen LogP contribution in [0.1, 0.15) is 32.1 Å². The molecule has 0 radical (unpaired) electrons. The van der Waals surface area contributed by atoms with Gasteiger partial charge in [0.2, 0.25) is 0 Å². The van der Waals surface area contributed by atoms with Crippen LogP contribution in [0.25, 0.3) is 0 Å². The fourth-order valence-electron chi connectivity index (χ4n) is 4.36. The monoisotopic (exact) mass is 180 g/mol. The van der Waals surface area contributed by atoms with Crippen molar-refractivity contribution in [2.45, 2.75) is 32.1 Å². The van der Waals surface area contributed by atoms with Crippen molar-refractivity contribution < 1.29 is 9.90 Å². The first-order valence-electron chi connectivity index (χ1n) is 5.50. The summed E-state index contributed by atoms with van der Waals surface area (Å²) in [6.07, 6.45) is 6.20. The molecule has 0 aliphatic heterocycles. The number of rotatable bonds is 1. The van der Waals surface area contributed by atoms with Crippen LogP contribution in [0.5, 0.6) is 0 Å². The Morgan fingerprint density at radius 2 is 1.77 bits per heavy atom. The summed E-state index contributed by atoms with van der Waals surface area (Å²) in [7, 11) is 0. The summed E-state index contributed by atoms with van der Waals surface area (Å²) in [6.45, 7) is 0. The van der Waals surface area contributed by atoms with Gasteiger partial charge in [-0.1, -0.05) is 0 Å². The van der Waals surface area contributed by atoms with E-state index in [2.05, 4.69) is 0 Å². The Hall–Kier alpha value is -0.530. The van der Waals surface area contributed by atoms with Crippen molar-refractivity contribution in [1.29, 1.82) is 0 Å². The number of carboxylic acids is 1. The van der Waals surface area contributed by atoms with E-state index >= 15 is 0 Å². The summed E-state index contributed by atoms with van der Waals surface area (Å²) in [5.41, 5.74) is 0. The number of hydrogen-bond acceptors (Lipinski definition) is 1. The van der Waals surface area contributed by atoms with Crippen molar-refractivity contribution >= 4 is 5.97 Å². The third-order valence-electron chi connectivity index (χ3n) is 4.75. The van der Waals surface area contributed by atoms with Crippen molar-refractivity contribution in [3.05, 3.63) is 0 Å². The highest BCUT2D eigenvalue weighted by atomic mass is 16.4. The van der Waals surface area contributed by atoms with Crippen LogP contribution in [-0.4, -0.2) is 11.1 Å². The van der Waals surface area contributed by atoms with Gasteiger partial charge in [-0.3, -0.25) is 4.79 Å². The smallest absolute Gasteiger partial charge is 0.306 e. The van der Waals surface area contributed by atoms with E-state index in [1.54, 1.807) is 0 Å². The molecule has 5 atom stereocenters. The van der Waals surface area contributed by atoms with Gasteiger partial charge in [0, 0.05) is 0 Å². The Balaban J connectivity index is 1.89. The molecule has 0 spiro atoms. The molecule has 0 heterocycles. The Labute approximate surface area is 78.3 Å². The molecule has 2 heteroatoms. The largest absolute Gasteiger partial charge is 0.481 e. The summed E-state index contributed by atoms with van der Waals surface area (Å²) in [6, 6.07) is 0. The zero-order valence-electron chi connectivity index (χ0n) is 7.78. The predicted octanol–water partition coefficient (Wildman–Crippen LogP) is 2.14. The van der Waals surface area contributed by atoms with E-state index < -0.39 is 5.97 Å². The maximum absolute atomic E-state index is 11.0. The van der Waals surface area contributed by atoms with Crippen molar-refractivity contribution in [1.82, 2.24) is 0 Å². The topological polar surface area (TPSA) is 37.3 Å². The molecule has 2 nitrogen and oxygen atoms in total. The Morgan fingerprint density at radius 1 is 1.08 bits per heavy atom. The maximum atomic E-state index is 11.0. The summed E-state index contributed by atoms with van der Waals surface area (Å²) < 4.78 is 0. The number of aliphatic carboxylic acids is 1. The van der Waals surface area contributed by atoms with Crippen LogP contribution in [0.2, 0.25) is 0 Å². The summed E-state index contributed by atoms with van der Waals surface area (Å²) >= 11 is 0. The molecule has 3 aliphatic carbocycles. The normalized spacial score (nSPS) is 52.5. The third kappa shape index (κ3) is 0.918. The maximum Gasteiger partial charge on any atom is 0.306 e. The molecule has 0 amide bonds. The summed E-state index contributed by atoms with van der Waals surface area (Å²) in [4.78, 5) is 11.0. The second kappa shape index (κ2) is 2.49. The number of carbonyl (C=O) groups is 1. The molecule has 0 saturated heterocycles. The molecule has 0 aromatic rings. The van der Waals surface area contributed by atoms with Crippen LogP contribution in [0.4, 0.5) is 0 Å². The van der Waals surface area contributed by atoms with E-state index in [0.29, 0.717) is 5.92 Å². The van der Waals surface area contributed by atoms with Gasteiger partial charge in [0.25, 0.3) is 0 Å². The highest BCUT2D eigenvalue weighted by Gasteiger charge is 2.55. The quantitative estimate of drug-likeness (QED) is 0.671. The molecule has 0 aromatic carbocycles. The van der Waals surface area contributed by atoms with Gasteiger partial charge in [-0.2, -0.15) is 0 Å². The van der Waals surface area contributed by atoms with Gasteiger partial charge in [-0.05, 0) is 55.8 Å². The fourth-order valence-corrected chi connectivity index (χ4v) is 4.36. The first-order chi connectivity index (χ1) is 6.27. The van der Waals surface area contributed by atoms with Crippen molar-refractivity contribution in [2.24, 2.45) is 29.6 Å². The predicted molar refractivity (Wildman–Crippen MR) is 48.2 cm³/mol. The lowest BCUT2D eigenvalue weighted by Gasteiger charge is -2.15. The SMILES string of the molecule is O=C(O)C1CC2CCC3CCC1C32. The average molecular weight is 180 g/mol. The molecule has 3 rings (SSSR count). The zero-order valence-corrected chi connectivity index (χ0v) is 7.78. The van der Waals surface area contributed by atoms with Crippen LogP contribution >= 0.6 is 0 Å². The van der Waals surface area contributed by atoms with Crippen molar-refractivity contribution in [2.75, 3.05) is 0 Å². The lowest BCUT2D eigenvalue weighted by atomic mass is 9.89. The van der Waals surface area contributed by atoms with E-state index in [1.165, 1.54) is 25.7 Å². The molecule has 72 valence electrons. The second-order valence-corrected chi connectivity index (χ2v) is 5.10. The molecular formula is C11H16O2. The van der Waals surface area contributed by atoms with Crippen LogP contribution in [-0.2, 0) is 4.79 Å². The van der Waals surface area contributed by atoms with Crippen LogP contribution in [0, 0.1) is 29.6 Å². The first kappa shape index (κ1) is 7.84. The van der Waals surface area contributed by atoms with Crippen LogP contribution < -0.4 is 0 Å². The van der Waals surface area contributed by atoms with Gasteiger partial charge in [-0.25, -0.2) is 0 Å². The fraction of sp³-hybridized carbons (Fsp3) is 0.909. The Bertz CT molecular complexity index is 248. The van der Waals surface area contributed by atoms with Crippen molar-refractivity contribution in [3.8, 4) is 0 Å². The van der Waals surface area contributed by atoms with E-state index in [-0.39, 0.29) is 5.92 Å². The van der Waals surface area contributed by atoms with Gasteiger partial charge < -0.3 is 5.11 Å². The average Bonchev–Trinajstić information content (AvgIpc) is 2.72. The second-order valence-electron chi connectivity index (χ2n) is 5.10. The van der Waals surface area contributed by atoms with Gasteiger partial charge in [-0.15, -0.1) is 0 Å². The minimum Gasteiger partial charge on any atom is -0.481 e. The minimum atomic E-state index is -0.528. The van der Waals surface area contributed by atoms with Crippen LogP contribution in [0.3, 0.4) is 0 Å². The zero-order chi connectivity index (χ0) is 9.00. The van der Waals surface area contributed by atoms with Gasteiger partial charge >= 0.3 is 5.97 Å². The molecule has 3 fully saturated rings. The first-order valence-corrected chi connectivity index (χ1v) is 5.50. The molecule has 3 aliphatic rings.